The molecule has 1 aliphatic carbocycles. The van der Waals surface area contributed by atoms with Crippen molar-refractivity contribution in [1.82, 2.24) is 9.97 Å². The summed E-state index contributed by atoms with van der Waals surface area (Å²) in [5.41, 5.74) is 7.22. The molecule has 23 heavy (non-hydrogen) atoms. The first-order chi connectivity index (χ1) is 11.1. The van der Waals surface area contributed by atoms with Gasteiger partial charge in [-0.3, -0.25) is 14.6 Å². The van der Waals surface area contributed by atoms with Crippen LogP contribution in [0.3, 0.4) is 0 Å². The molecule has 3 N–H and O–H groups in total. The molecule has 0 fully saturated rings. The number of nitrogens with zero attached hydrogens (tertiary/aromatic N) is 2. The van der Waals surface area contributed by atoms with Crippen LogP contribution >= 0.6 is 11.3 Å². The average molecular weight is 330 g/mol. The second-order valence-corrected chi connectivity index (χ2v) is 6.74. The van der Waals surface area contributed by atoms with E-state index in [-0.39, 0.29) is 11.6 Å². The summed E-state index contributed by atoms with van der Waals surface area (Å²) in [5, 5.41) is 3.30. The molecule has 0 saturated heterocycles. The first-order valence-electron chi connectivity index (χ1n) is 7.61. The van der Waals surface area contributed by atoms with Crippen LogP contribution in [0, 0.1) is 5.92 Å². The van der Waals surface area contributed by atoms with E-state index in [1.165, 1.54) is 29.9 Å². The Balaban J connectivity index is 1.92. The largest absolute Gasteiger partial charge is 0.365 e. The Morgan fingerprint density at radius 2 is 2.26 bits per heavy atom. The zero-order valence-corrected chi connectivity index (χ0v) is 13.7. The summed E-state index contributed by atoms with van der Waals surface area (Å²) in [7, 11) is 0. The number of fused-ring (bicyclic) bond motifs is 1. The first kappa shape index (κ1) is 15.6. The third-order valence-corrected chi connectivity index (χ3v) is 5.38. The fourth-order valence-corrected chi connectivity index (χ4v) is 4.30. The van der Waals surface area contributed by atoms with Crippen LogP contribution < -0.4 is 11.1 Å². The van der Waals surface area contributed by atoms with Crippen molar-refractivity contribution in [3.63, 3.8) is 0 Å². The lowest BCUT2D eigenvalue weighted by molar-refractivity contribution is 0.1000. The van der Waals surface area contributed by atoms with Crippen LogP contribution in [0.4, 0.5) is 5.00 Å². The molecule has 2 heterocycles. The van der Waals surface area contributed by atoms with Crippen molar-refractivity contribution in [2.45, 2.75) is 32.6 Å². The molecule has 0 aliphatic heterocycles. The van der Waals surface area contributed by atoms with Crippen molar-refractivity contribution >= 4 is 28.2 Å². The molecule has 0 radical (unpaired) electrons. The quantitative estimate of drug-likeness (QED) is 0.899. The van der Waals surface area contributed by atoms with E-state index >= 15 is 0 Å². The van der Waals surface area contributed by atoms with Gasteiger partial charge in [-0.25, -0.2) is 4.98 Å². The van der Waals surface area contributed by atoms with Crippen LogP contribution in [-0.4, -0.2) is 21.8 Å². The maximum absolute atomic E-state index is 12.3. The second-order valence-electron chi connectivity index (χ2n) is 5.63. The summed E-state index contributed by atoms with van der Waals surface area (Å²) in [6, 6.07) is 0. The fraction of sp³-hybridized carbons (Fsp3) is 0.375. The van der Waals surface area contributed by atoms with E-state index in [1.54, 1.807) is 0 Å². The minimum atomic E-state index is -0.494. The second kappa shape index (κ2) is 6.45. The van der Waals surface area contributed by atoms with Crippen molar-refractivity contribution < 1.29 is 9.59 Å². The lowest BCUT2D eigenvalue weighted by Crippen LogP contribution is -2.20. The van der Waals surface area contributed by atoms with Crippen LogP contribution in [0.2, 0.25) is 0 Å². The lowest BCUT2D eigenvalue weighted by Gasteiger charge is -2.20. The van der Waals surface area contributed by atoms with E-state index in [4.69, 9.17) is 5.73 Å². The number of primary amides is 1. The molecule has 0 bridgehead atoms. The highest BCUT2D eigenvalue weighted by atomic mass is 32.1. The van der Waals surface area contributed by atoms with Gasteiger partial charge in [0.1, 0.15) is 10.7 Å². The number of aromatic nitrogens is 2. The van der Waals surface area contributed by atoms with Gasteiger partial charge in [0.2, 0.25) is 0 Å². The van der Waals surface area contributed by atoms with Crippen molar-refractivity contribution in [1.29, 1.82) is 0 Å². The number of hydrogen-bond donors (Lipinski definition) is 2. The Kier molecular flexibility index (Phi) is 4.38. The average Bonchev–Trinajstić information content (AvgIpc) is 2.92. The Morgan fingerprint density at radius 1 is 1.43 bits per heavy atom. The Bertz CT molecular complexity index is 742. The molecule has 7 heteroatoms. The Hall–Kier alpha value is -2.28. The van der Waals surface area contributed by atoms with Crippen LogP contribution in [0.5, 0.6) is 0 Å². The van der Waals surface area contributed by atoms with E-state index in [2.05, 4.69) is 22.2 Å². The number of nitrogens with two attached hydrogens (primary N) is 1. The predicted octanol–water partition coefficient (Wildman–Crippen LogP) is 2.40. The van der Waals surface area contributed by atoms with Gasteiger partial charge in [-0.15, -0.1) is 11.3 Å². The van der Waals surface area contributed by atoms with Gasteiger partial charge in [0.25, 0.3) is 11.8 Å². The first-order valence-corrected chi connectivity index (χ1v) is 8.43. The summed E-state index contributed by atoms with van der Waals surface area (Å²) in [4.78, 5) is 33.1. The topological polar surface area (TPSA) is 98.0 Å². The van der Waals surface area contributed by atoms with Crippen LogP contribution in [-0.2, 0) is 12.8 Å². The molecular weight excluding hydrogens is 312 g/mol. The van der Waals surface area contributed by atoms with E-state index < -0.39 is 5.91 Å². The summed E-state index contributed by atoms with van der Waals surface area (Å²) in [5.74, 6) is -0.247. The van der Waals surface area contributed by atoms with Gasteiger partial charge in [-0.2, -0.15) is 0 Å². The normalized spacial score (nSPS) is 16.7. The lowest BCUT2D eigenvalue weighted by atomic mass is 9.85. The summed E-state index contributed by atoms with van der Waals surface area (Å²) >= 11 is 1.45. The van der Waals surface area contributed by atoms with Crippen molar-refractivity contribution in [3.8, 4) is 0 Å². The van der Waals surface area contributed by atoms with Crippen LogP contribution in [0.25, 0.3) is 0 Å². The third-order valence-electron chi connectivity index (χ3n) is 4.21. The molecule has 0 spiro atoms. The molecule has 2 aromatic heterocycles. The highest BCUT2D eigenvalue weighted by Gasteiger charge is 2.28. The number of rotatable bonds is 4. The van der Waals surface area contributed by atoms with Crippen molar-refractivity contribution in [2.75, 3.05) is 5.32 Å². The highest BCUT2D eigenvalue weighted by Crippen LogP contribution is 2.40. The number of thiophene rings is 1. The zero-order chi connectivity index (χ0) is 16.4. The van der Waals surface area contributed by atoms with Gasteiger partial charge in [-0.1, -0.05) is 13.3 Å². The van der Waals surface area contributed by atoms with Gasteiger partial charge in [0.05, 0.1) is 11.8 Å². The zero-order valence-electron chi connectivity index (χ0n) is 12.8. The number of hydrogen-bond acceptors (Lipinski definition) is 5. The van der Waals surface area contributed by atoms with E-state index in [1.807, 2.05) is 0 Å². The molecule has 0 unspecified atom stereocenters. The number of carbonyl (C=O) groups is 2. The molecule has 0 aromatic carbocycles. The molecular formula is C16H18N4O2S. The monoisotopic (exact) mass is 330 g/mol. The van der Waals surface area contributed by atoms with E-state index in [9.17, 15) is 9.59 Å². The van der Waals surface area contributed by atoms with Gasteiger partial charge in [-0.05, 0) is 30.7 Å². The molecule has 3 rings (SSSR count). The minimum absolute atomic E-state index is 0.209. The van der Waals surface area contributed by atoms with Gasteiger partial charge < -0.3 is 11.1 Å². The van der Waals surface area contributed by atoms with E-state index in [0.29, 0.717) is 16.5 Å². The van der Waals surface area contributed by atoms with Gasteiger partial charge in [0.15, 0.2) is 0 Å². The van der Waals surface area contributed by atoms with Crippen LogP contribution in [0.1, 0.15) is 51.1 Å². The minimum Gasteiger partial charge on any atom is -0.365 e. The standard InChI is InChI=1S/C16H18N4O2S/c1-2-9-3-4-10-12(7-9)23-16(13(10)14(17)21)20-15(22)11-8-18-5-6-19-11/h5-6,8-9H,2-4,7H2,1H3,(H2,17,21)(H,20,22)/t9-/m1/s1. The third kappa shape index (κ3) is 3.10. The molecule has 1 atom stereocenters. The molecule has 2 amide bonds. The number of nitrogens with one attached hydrogen (secondary N) is 1. The molecule has 1 aliphatic rings. The SMILES string of the molecule is CC[C@@H]1CCc2c(sc(NC(=O)c3cnccn3)c2C(N)=O)C1. The van der Waals surface area contributed by atoms with Gasteiger partial charge >= 0.3 is 0 Å². The predicted molar refractivity (Wildman–Crippen MR) is 88.6 cm³/mol. The number of amides is 2. The summed E-state index contributed by atoms with van der Waals surface area (Å²) in [6.07, 6.45) is 8.29. The number of carbonyl (C=O) groups excluding carboxylic acids is 2. The van der Waals surface area contributed by atoms with E-state index in [0.717, 1.165) is 36.1 Å². The van der Waals surface area contributed by atoms with Crippen LogP contribution in [0.15, 0.2) is 18.6 Å². The maximum atomic E-state index is 12.3. The maximum Gasteiger partial charge on any atom is 0.276 e. The van der Waals surface area contributed by atoms with Crippen molar-refractivity contribution in [3.05, 3.63) is 40.3 Å². The molecule has 120 valence electrons. The highest BCUT2D eigenvalue weighted by molar-refractivity contribution is 7.17. The smallest absolute Gasteiger partial charge is 0.276 e. The summed E-state index contributed by atoms with van der Waals surface area (Å²) in [6.45, 7) is 2.18. The number of anilines is 1. The Morgan fingerprint density at radius 3 is 2.91 bits per heavy atom. The van der Waals surface area contributed by atoms with Gasteiger partial charge in [0, 0.05) is 17.3 Å². The van der Waals surface area contributed by atoms with Crippen molar-refractivity contribution in [2.24, 2.45) is 11.7 Å². The molecule has 2 aromatic rings. The molecule has 0 saturated carbocycles. The molecule has 6 nitrogen and oxygen atoms in total. The fourth-order valence-electron chi connectivity index (χ4n) is 2.93. The summed E-state index contributed by atoms with van der Waals surface area (Å²) < 4.78 is 0. The Labute approximate surface area is 138 Å².